The zero-order valence-corrected chi connectivity index (χ0v) is 16.6. The molecule has 0 unspecified atom stereocenters. The molecule has 1 aromatic carbocycles. The second kappa shape index (κ2) is 10.3. The van der Waals surface area contributed by atoms with E-state index in [-0.39, 0.29) is 0 Å². The first-order valence-electron chi connectivity index (χ1n) is 10.1. The minimum Gasteiger partial charge on any atom is -0.383 e. The van der Waals surface area contributed by atoms with E-state index >= 15 is 0 Å². The second-order valence-corrected chi connectivity index (χ2v) is 7.06. The van der Waals surface area contributed by atoms with E-state index in [2.05, 4.69) is 57.9 Å². The van der Waals surface area contributed by atoms with E-state index < -0.39 is 0 Å². The van der Waals surface area contributed by atoms with Gasteiger partial charge in [-0.05, 0) is 37.8 Å². The van der Waals surface area contributed by atoms with Crippen LogP contribution in [0.1, 0.15) is 25.3 Å². The molecule has 148 valence electrons. The van der Waals surface area contributed by atoms with Gasteiger partial charge in [-0.3, -0.25) is 9.89 Å². The maximum Gasteiger partial charge on any atom is 0.191 e. The molecule has 6 heteroatoms. The monoisotopic (exact) mass is 371 g/mol. The summed E-state index contributed by atoms with van der Waals surface area (Å²) in [7, 11) is 1.77. The van der Waals surface area contributed by atoms with Gasteiger partial charge >= 0.3 is 0 Å². The summed E-state index contributed by atoms with van der Waals surface area (Å²) in [5.41, 5.74) is 2.54. The SMILES string of the molecule is CCNC(=NCCN(CCOC)C1CC1)NCCc1c[nH]c2ccccc12. The molecule has 1 aliphatic carbocycles. The molecule has 1 aromatic heterocycles. The van der Waals surface area contributed by atoms with Gasteiger partial charge in [0.1, 0.15) is 0 Å². The highest BCUT2D eigenvalue weighted by atomic mass is 16.5. The number of para-hydroxylation sites is 1. The lowest BCUT2D eigenvalue weighted by molar-refractivity contribution is 0.145. The van der Waals surface area contributed by atoms with Crippen LogP contribution in [0.3, 0.4) is 0 Å². The van der Waals surface area contributed by atoms with Crippen molar-refractivity contribution < 1.29 is 4.74 Å². The molecule has 1 saturated carbocycles. The number of methoxy groups -OCH3 is 1. The molecule has 0 amide bonds. The topological polar surface area (TPSA) is 64.7 Å². The minimum absolute atomic E-state index is 0.743. The fourth-order valence-electron chi connectivity index (χ4n) is 3.41. The molecule has 1 heterocycles. The zero-order chi connectivity index (χ0) is 18.9. The van der Waals surface area contributed by atoms with Crippen molar-refractivity contribution in [1.82, 2.24) is 20.5 Å². The number of aliphatic imine (C=N–C) groups is 1. The van der Waals surface area contributed by atoms with E-state index in [4.69, 9.17) is 9.73 Å². The number of aromatic nitrogens is 1. The average Bonchev–Trinajstić information content (AvgIpc) is 3.45. The fraction of sp³-hybridized carbons (Fsp3) is 0.571. The third-order valence-corrected chi connectivity index (χ3v) is 5.01. The highest BCUT2D eigenvalue weighted by molar-refractivity contribution is 5.83. The molecule has 1 aliphatic rings. The van der Waals surface area contributed by atoms with E-state index in [9.17, 15) is 0 Å². The van der Waals surface area contributed by atoms with E-state index in [0.29, 0.717) is 0 Å². The molecule has 6 nitrogen and oxygen atoms in total. The van der Waals surface area contributed by atoms with Crippen molar-refractivity contribution in [1.29, 1.82) is 0 Å². The van der Waals surface area contributed by atoms with Crippen molar-refractivity contribution in [2.45, 2.75) is 32.2 Å². The van der Waals surface area contributed by atoms with Crippen LogP contribution < -0.4 is 10.6 Å². The number of ether oxygens (including phenoxy) is 1. The van der Waals surface area contributed by atoms with Crippen LogP contribution in [0.2, 0.25) is 0 Å². The molecule has 3 rings (SSSR count). The Morgan fingerprint density at radius 1 is 1.26 bits per heavy atom. The van der Waals surface area contributed by atoms with Crippen LogP contribution in [0, 0.1) is 0 Å². The number of nitrogens with zero attached hydrogens (tertiary/aromatic N) is 2. The summed E-state index contributed by atoms with van der Waals surface area (Å²) in [6.07, 6.45) is 5.71. The van der Waals surface area contributed by atoms with Crippen LogP contribution in [0.15, 0.2) is 35.5 Å². The second-order valence-electron chi connectivity index (χ2n) is 7.06. The maximum absolute atomic E-state index is 5.23. The largest absolute Gasteiger partial charge is 0.383 e. The van der Waals surface area contributed by atoms with Crippen LogP contribution in [0.4, 0.5) is 0 Å². The van der Waals surface area contributed by atoms with Gasteiger partial charge in [0, 0.05) is 56.4 Å². The summed E-state index contributed by atoms with van der Waals surface area (Å²) in [6, 6.07) is 9.19. The van der Waals surface area contributed by atoms with Crippen molar-refractivity contribution in [3.05, 3.63) is 36.0 Å². The molecule has 0 spiro atoms. The Labute approximate surface area is 162 Å². The van der Waals surface area contributed by atoms with Crippen LogP contribution in [0.5, 0.6) is 0 Å². The summed E-state index contributed by atoms with van der Waals surface area (Å²) in [6.45, 7) is 7.44. The third kappa shape index (κ3) is 5.97. The smallest absolute Gasteiger partial charge is 0.191 e. The molecule has 0 aliphatic heterocycles. The Morgan fingerprint density at radius 3 is 2.89 bits per heavy atom. The highest BCUT2D eigenvalue weighted by Gasteiger charge is 2.28. The standard InChI is InChI=1S/C21H33N5O/c1-3-22-21(24-12-13-26(14-15-27-2)18-8-9-18)23-11-10-17-16-25-20-7-5-4-6-19(17)20/h4-7,16,18,25H,3,8-15H2,1-2H3,(H2,22,23,24). The Balaban J connectivity index is 1.47. The van der Waals surface area contributed by atoms with Gasteiger partial charge in [0.05, 0.1) is 13.2 Å². The number of hydrogen-bond donors (Lipinski definition) is 3. The number of guanidine groups is 1. The van der Waals surface area contributed by atoms with Gasteiger partial charge in [-0.1, -0.05) is 18.2 Å². The van der Waals surface area contributed by atoms with E-state index in [1.807, 2.05) is 0 Å². The molecule has 0 bridgehead atoms. The number of fused-ring (bicyclic) bond motifs is 1. The third-order valence-electron chi connectivity index (χ3n) is 5.01. The lowest BCUT2D eigenvalue weighted by Crippen LogP contribution is -2.39. The Morgan fingerprint density at radius 2 is 2.11 bits per heavy atom. The Bertz CT molecular complexity index is 722. The first kappa shape index (κ1) is 19.7. The number of hydrogen-bond acceptors (Lipinski definition) is 3. The molecule has 27 heavy (non-hydrogen) atoms. The predicted molar refractivity (Wildman–Crippen MR) is 112 cm³/mol. The van der Waals surface area contributed by atoms with Crippen molar-refractivity contribution in [2.24, 2.45) is 4.99 Å². The molecule has 0 atom stereocenters. The van der Waals surface area contributed by atoms with Crippen molar-refractivity contribution in [3.63, 3.8) is 0 Å². The summed E-state index contributed by atoms with van der Waals surface area (Å²) >= 11 is 0. The minimum atomic E-state index is 0.743. The van der Waals surface area contributed by atoms with E-state index in [1.54, 1.807) is 7.11 Å². The fourth-order valence-corrected chi connectivity index (χ4v) is 3.41. The van der Waals surface area contributed by atoms with Gasteiger partial charge in [-0.15, -0.1) is 0 Å². The van der Waals surface area contributed by atoms with Crippen LogP contribution in [0.25, 0.3) is 10.9 Å². The molecule has 0 saturated heterocycles. The molecule has 3 N–H and O–H groups in total. The number of rotatable bonds is 11. The normalized spacial score (nSPS) is 14.9. The first-order valence-corrected chi connectivity index (χ1v) is 10.1. The number of aromatic amines is 1. The average molecular weight is 372 g/mol. The van der Waals surface area contributed by atoms with Crippen molar-refractivity contribution in [2.75, 3.05) is 46.4 Å². The molecular formula is C21H33N5O. The molecule has 2 aromatic rings. The predicted octanol–water partition coefficient (Wildman–Crippen LogP) is 2.38. The Hall–Kier alpha value is -2.05. The summed E-state index contributed by atoms with van der Waals surface area (Å²) in [5.74, 6) is 0.903. The van der Waals surface area contributed by atoms with Crippen LogP contribution in [-0.4, -0.2) is 68.3 Å². The van der Waals surface area contributed by atoms with Gasteiger partial charge in [-0.2, -0.15) is 0 Å². The quantitative estimate of drug-likeness (QED) is 0.419. The van der Waals surface area contributed by atoms with Gasteiger partial charge in [0.2, 0.25) is 0 Å². The van der Waals surface area contributed by atoms with Gasteiger partial charge in [-0.25, -0.2) is 0 Å². The van der Waals surface area contributed by atoms with Crippen molar-refractivity contribution >= 4 is 16.9 Å². The van der Waals surface area contributed by atoms with Crippen molar-refractivity contribution in [3.8, 4) is 0 Å². The number of nitrogens with one attached hydrogen (secondary N) is 3. The van der Waals surface area contributed by atoms with Gasteiger partial charge in [0.25, 0.3) is 0 Å². The first-order chi connectivity index (χ1) is 13.3. The summed E-state index contributed by atoms with van der Waals surface area (Å²) in [4.78, 5) is 10.6. The maximum atomic E-state index is 5.23. The zero-order valence-electron chi connectivity index (χ0n) is 16.6. The molecule has 1 fully saturated rings. The summed E-state index contributed by atoms with van der Waals surface area (Å²) in [5, 5.41) is 8.12. The molecular weight excluding hydrogens is 338 g/mol. The number of benzene rings is 1. The van der Waals surface area contributed by atoms with E-state index in [0.717, 1.165) is 57.8 Å². The Kier molecular flexibility index (Phi) is 7.54. The van der Waals surface area contributed by atoms with Crippen LogP contribution in [-0.2, 0) is 11.2 Å². The van der Waals surface area contributed by atoms with Gasteiger partial charge < -0.3 is 20.4 Å². The van der Waals surface area contributed by atoms with Gasteiger partial charge in [0.15, 0.2) is 5.96 Å². The highest BCUT2D eigenvalue weighted by Crippen LogP contribution is 2.26. The van der Waals surface area contributed by atoms with E-state index in [1.165, 1.54) is 29.3 Å². The van der Waals surface area contributed by atoms with Crippen LogP contribution >= 0.6 is 0 Å². The lowest BCUT2D eigenvalue weighted by Gasteiger charge is -2.20. The summed E-state index contributed by atoms with van der Waals surface area (Å²) < 4.78 is 5.23. The molecule has 0 radical (unpaired) electrons. The number of H-pyrrole nitrogens is 1. The lowest BCUT2D eigenvalue weighted by atomic mass is 10.1.